The van der Waals surface area contributed by atoms with Crippen LogP contribution in [0.3, 0.4) is 0 Å². The van der Waals surface area contributed by atoms with Crippen molar-refractivity contribution in [2.75, 3.05) is 13.7 Å². The number of ether oxygens (including phenoxy) is 1. The Morgan fingerprint density at radius 2 is 2.55 bits per heavy atom. The van der Waals surface area contributed by atoms with E-state index in [0.717, 1.165) is 25.9 Å². The average molecular weight is 155 g/mol. The van der Waals surface area contributed by atoms with Crippen molar-refractivity contribution < 1.29 is 9.57 Å². The summed E-state index contributed by atoms with van der Waals surface area (Å²) in [6.45, 7) is 0.773. The first-order valence-corrected chi connectivity index (χ1v) is 4.11. The molecule has 1 aliphatic carbocycles. The van der Waals surface area contributed by atoms with Crippen molar-refractivity contribution in [2.24, 2.45) is 11.1 Å². The zero-order valence-electron chi connectivity index (χ0n) is 6.75. The fraction of sp³-hybridized carbons (Fsp3) is 0.875. The Balaban J connectivity index is 1.98. The molecule has 3 heteroatoms. The fourth-order valence-corrected chi connectivity index (χ4v) is 1.79. The summed E-state index contributed by atoms with van der Waals surface area (Å²) >= 11 is 0. The number of nitrogens with zero attached hydrogens (tertiary/aromatic N) is 1. The van der Waals surface area contributed by atoms with Crippen molar-refractivity contribution in [3.63, 3.8) is 0 Å². The van der Waals surface area contributed by atoms with Crippen LogP contribution in [0.5, 0.6) is 0 Å². The third-order valence-corrected chi connectivity index (χ3v) is 2.53. The topological polar surface area (TPSA) is 30.8 Å². The van der Waals surface area contributed by atoms with Crippen LogP contribution in [0, 0.1) is 5.92 Å². The largest absolute Gasteiger partial charge is 0.395 e. The quantitative estimate of drug-likeness (QED) is 0.569. The highest BCUT2D eigenvalue weighted by atomic mass is 16.6. The Labute approximate surface area is 66.4 Å². The average Bonchev–Trinajstić information content (AvgIpc) is 2.50. The molecule has 2 atom stereocenters. The number of rotatable bonds is 1. The van der Waals surface area contributed by atoms with Crippen LogP contribution in [0.15, 0.2) is 5.16 Å². The van der Waals surface area contributed by atoms with Gasteiger partial charge in [0.15, 0.2) is 0 Å². The molecule has 0 spiro atoms. The van der Waals surface area contributed by atoms with Crippen LogP contribution >= 0.6 is 0 Å². The van der Waals surface area contributed by atoms with Gasteiger partial charge in [-0.1, -0.05) is 5.16 Å². The molecule has 2 rings (SSSR count). The normalized spacial score (nSPS) is 35.9. The smallest absolute Gasteiger partial charge is 0.125 e. The van der Waals surface area contributed by atoms with Gasteiger partial charge in [-0.2, -0.15) is 0 Å². The van der Waals surface area contributed by atoms with E-state index in [9.17, 15) is 0 Å². The predicted octanol–water partition coefficient (Wildman–Crippen LogP) is 1.19. The minimum Gasteiger partial charge on any atom is -0.395 e. The van der Waals surface area contributed by atoms with Crippen LogP contribution in [0.4, 0.5) is 0 Å². The summed E-state index contributed by atoms with van der Waals surface area (Å²) in [5, 5.41) is 3.99. The van der Waals surface area contributed by atoms with Gasteiger partial charge in [0.1, 0.15) is 6.61 Å². The highest BCUT2D eigenvalue weighted by Crippen LogP contribution is 2.27. The summed E-state index contributed by atoms with van der Waals surface area (Å²) < 4.78 is 5.29. The van der Waals surface area contributed by atoms with E-state index in [-0.39, 0.29) is 0 Å². The van der Waals surface area contributed by atoms with Crippen LogP contribution < -0.4 is 0 Å². The number of oxime groups is 1. The van der Waals surface area contributed by atoms with Crippen molar-refractivity contribution in [1.82, 2.24) is 0 Å². The van der Waals surface area contributed by atoms with Crippen LogP contribution in [-0.2, 0) is 9.57 Å². The van der Waals surface area contributed by atoms with Crippen molar-refractivity contribution in [2.45, 2.75) is 25.4 Å². The molecule has 1 heterocycles. The number of fused-ring (bicyclic) bond motifs is 1. The molecule has 0 amide bonds. The van der Waals surface area contributed by atoms with Gasteiger partial charge in [0.05, 0.1) is 11.8 Å². The summed E-state index contributed by atoms with van der Waals surface area (Å²) in [7, 11) is 1.78. The molecular formula is C8H13NO2. The van der Waals surface area contributed by atoms with Gasteiger partial charge in [-0.05, 0) is 19.3 Å². The van der Waals surface area contributed by atoms with Crippen molar-refractivity contribution >= 4 is 5.71 Å². The Kier molecular flexibility index (Phi) is 1.82. The lowest BCUT2D eigenvalue weighted by atomic mass is 9.86. The lowest BCUT2D eigenvalue weighted by Crippen LogP contribution is -2.28. The van der Waals surface area contributed by atoms with E-state index in [4.69, 9.17) is 9.57 Å². The van der Waals surface area contributed by atoms with E-state index in [1.165, 1.54) is 5.71 Å². The van der Waals surface area contributed by atoms with Crippen LogP contribution in [0.25, 0.3) is 0 Å². The van der Waals surface area contributed by atoms with Gasteiger partial charge in [-0.25, -0.2) is 0 Å². The van der Waals surface area contributed by atoms with Crippen LogP contribution in [0.2, 0.25) is 0 Å². The molecular weight excluding hydrogens is 142 g/mol. The maximum Gasteiger partial charge on any atom is 0.125 e. The highest BCUT2D eigenvalue weighted by molar-refractivity contribution is 5.88. The molecule has 3 nitrogen and oxygen atoms in total. The molecule has 1 saturated carbocycles. The number of hydrogen-bond acceptors (Lipinski definition) is 3. The first kappa shape index (κ1) is 7.10. The third kappa shape index (κ3) is 1.25. The molecule has 0 aromatic heterocycles. The fourth-order valence-electron chi connectivity index (χ4n) is 1.79. The minimum atomic E-state index is 0.431. The molecule has 11 heavy (non-hydrogen) atoms. The van der Waals surface area contributed by atoms with Crippen molar-refractivity contribution in [3.05, 3.63) is 0 Å². The van der Waals surface area contributed by atoms with E-state index in [1.54, 1.807) is 7.11 Å². The van der Waals surface area contributed by atoms with E-state index < -0.39 is 0 Å². The highest BCUT2D eigenvalue weighted by Gasteiger charge is 2.31. The van der Waals surface area contributed by atoms with E-state index in [2.05, 4.69) is 5.16 Å². The molecule has 0 aromatic carbocycles. The molecule has 0 radical (unpaired) electrons. The number of hydrogen-bond donors (Lipinski definition) is 0. The maximum absolute atomic E-state index is 5.29. The van der Waals surface area contributed by atoms with Gasteiger partial charge < -0.3 is 9.57 Å². The molecule has 0 saturated heterocycles. The molecule has 1 aliphatic heterocycles. The third-order valence-electron chi connectivity index (χ3n) is 2.53. The van der Waals surface area contributed by atoms with Gasteiger partial charge in [0.2, 0.25) is 0 Å². The molecule has 0 N–H and O–H groups in total. The summed E-state index contributed by atoms with van der Waals surface area (Å²) in [5.74, 6) is 0.550. The van der Waals surface area contributed by atoms with Crippen LogP contribution in [-0.4, -0.2) is 25.5 Å². The Hall–Kier alpha value is -0.570. The molecule has 1 fully saturated rings. The first-order valence-electron chi connectivity index (χ1n) is 4.11. The molecule has 2 aliphatic rings. The van der Waals surface area contributed by atoms with E-state index in [1.807, 2.05) is 0 Å². The molecule has 0 aromatic rings. The van der Waals surface area contributed by atoms with Crippen LogP contribution in [0.1, 0.15) is 19.3 Å². The minimum absolute atomic E-state index is 0.431. The Morgan fingerprint density at radius 3 is 3.36 bits per heavy atom. The zero-order valence-corrected chi connectivity index (χ0v) is 6.75. The van der Waals surface area contributed by atoms with E-state index in [0.29, 0.717) is 12.0 Å². The lowest BCUT2D eigenvalue weighted by molar-refractivity contribution is 0.0654. The zero-order chi connectivity index (χ0) is 7.68. The lowest BCUT2D eigenvalue weighted by Gasteiger charge is -2.24. The monoisotopic (exact) mass is 155 g/mol. The second-order valence-electron chi connectivity index (χ2n) is 3.21. The summed E-state index contributed by atoms with van der Waals surface area (Å²) in [6, 6.07) is 0. The summed E-state index contributed by atoms with van der Waals surface area (Å²) in [6.07, 6.45) is 3.69. The molecule has 62 valence electrons. The van der Waals surface area contributed by atoms with Gasteiger partial charge in [-0.3, -0.25) is 0 Å². The van der Waals surface area contributed by atoms with Gasteiger partial charge >= 0.3 is 0 Å². The molecule has 0 bridgehead atoms. The van der Waals surface area contributed by atoms with Gasteiger partial charge in [-0.15, -0.1) is 0 Å². The van der Waals surface area contributed by atoms with Crippen molar-refractivity contribution in [3.8, 4) is 0 Å². The van der Waals surface area contributed by atoms with Gasteiger partial charge in [0.25, 0.3) is 0 Å². The SMILES string of the molecule is COC1CCC2=NOCC2C1. The summed E-state index contributed by atoms with van der Waals surface area (Å²) in [5.41, 5.74) is 1.25. The predicted molar refractivity (Wildman–Crippen MR) is 41.5 cm³/mol. The Bertz CT molecular complexity index is 179. The first-order chi connectivity index (χ1) is 5.40. The standard InChI is InChI=1S/C8H13NO2/c1-10-7-2-3-8-6(4-7)5-11-9-8/h6-7H,2-5H2,1H3. The van der Waals surface area contributed by atoms with Crippen molar-refractivity contribution in [1.29, 1.82) is 0 Å². The summed E-state index contributed by atoms with van der Waals surface area (Å²) in [4.78, 5) is 5.02. The molecule has 2 unspecified atom stereocenters. The number of methoxy groups -OCH3 is 1. The van der Waals surface area contributed by atoms with E-state index >= 15 is 0 Å². The Morgan fingerprint density at radius 1 is 1.64 bits per heavy atom. The maximum atomic E-state index is 5.29. The second-order valence-corrected chi connectivity index (χ2v) is 3.21. The van der Waals surface area contributed by atoms with Gasteiger partial charge in [0, 0.05) is 13.0 Å². The second kappa shape index (κ2) is 2.81.